The molecule has 0 aliphatic carbocycles. The van der Waals surface area contributed by atoms with Gasteiger partial charge in [-0.05, 0) is 24.1 Å². The molecule has 0 heterocycles. The van der Waals surface area contributed by atoms with E-state index in [4.69, 9.17) is 5.73 Å². The van der Waals surface area contributed by atoms with Gasteiger partial charge in [0.15, 0.2) is 5.96 Å². The van der Waals surface area contributed by atoms with Gasteiger partial charge < -0.3 is 11.1 Å². The molecular formula is C15H17N3. The van der Waals surface area contributed by atoms with E-state index in [1.165, 1.54) is 5.56 Å². The number of rotatable bonds is 4. The first-order valence-corrected chi connectivity index (χ1v) is 6.00. The monoisotopic (exact) mass is 239 g/mol. The molecule has 0 saturated heterocycles. The van der Waals surface area contributed by atoms with Crippen LogP contribution in [0.15, 0.2) is 65.7 Å². The van der Waals surface area contributed by atoms with E-state index in [0.717, 1.165) is 12.1 Å². The summed E-state index contributed by atoms with van der Waals surface area (Å²) in [6.07, 6.45) is 0.901. The minimum atomic E-state index is 0.456. The maximum absolute atomic E-state index is 5.81. The molecular weight excluding hydrogens is 222 g/mol. The molecule has 0 aliphatic rings. The lowest BCUT2D eigenvalue weighted by Crippen LogP contribution is -2.22. The number of nitrogens with zero attached hydrogens (tertiary/aromatic N) is 1. The largest absolute Gasteiger partial charge is 0.370 e. The highest BCUT2D eigenvalue weighted by Crippen LogP contribution is 2.04. The minimum absolute atomic E-state index is 0.456. The van der Waals surface area contributed by atoms with Crippen molar-refractivity contribution in [2.45, 2.75) is 6.42 Å². The van der Waals surface area contributed by atoms with Crippen molar-refractivity contribution in [3.63, 3.8) is 0 Å². The quantitative estimate of drug-likeness (QED) is 0.636. The summed E-state index contributed by atoms with van der Waals surface area (Å²) in [6, 6.07) is 20.1. The van der Waals surface area contributed by atoms with Crippen molar-refractivity contribution in [3.8, 4) is 0 Å². The van der Waals surface area contributed by atoms with Gasteiger partial charge >= 0.3 is 0 Å². The zero-order valence-corrected chi connectivity index (χ0v) is 10.2. The molecule has 3 heteroatoms. The topological polar surface area (TPSA) is 50.4 Å². The highest BCUT2D eigenvalue weighted by Gasteiger charge is 1.94. The van der Waals surface area contributed by atoms with Gasteiger partial charge in [-0.25, -0.2) is 0 Å². The molecule has 0 aliphatic heterocycles. The highest BCUT2D eigenvalue weighted by atomic mass is 15.1. The second-order valence-electron chi connectivity index (χ2n) is 3.99. The summed E-state index contributed by atoms with van der Waals surface area (Å²) in [5, 5.41) is 3.06. The summed E-state index contributed by atoms with van der Waals surface area (Å²) < 4.78 is 0. The maximum Gasteiger partial charge on any atom is 0.193 e. The Labute approximate surface area is 107 Å². The van der Waals surface area contributed by atoms with Crippen LogP contribution in [0, 0.1) is 0 Å². The van der Waals surface area contributed by atoms with Crippen molar-refractivity contribution in [2.75, 3.05) is 11.9 Å². The minimum Gasteiger partial charge on any atom is -0.370 e. The lowest BCUT2D eigenvalue weighted by Gasteiger charge is -2.05. The molecule has 0 radical (unpaired) electrons. The van der Waals surface area contributed by atoms with Crippen molar-refractivity contribution < 1.29 is 0 Å². The van der Waals surface area contributed by atoms with Crippen molar-refractivity contribution in [2.24, 2.45) is 10.7 Å². The van der Waals surface area contributed by atoms with Crippen LogP contribution in [0.2, 0.25) is 0 Å². The lowest BCUT2D eigenvalue weighted by atomic mass is 10.2. The van der Waals surface area contributed by atoms with Gasteiger partial charge in [0.25, 0.3) is 0 Å². The predicted octanol–water partition coefficient (Wildman–Crippen LogP) is 2.66. The molecule has 0 fully saturated rings. The summed E-state index contributed by atoms with van der Waals surface area (Å²) in [7, 11) is 0. The van der Waals surface area contributed by atoms with Gasteiger partial charge in [0.2, 0.25) is 0 Å². The van der Waals surface area contributed by atoms with Crippen LogP contribution in [0.4, 0.5) is 5.69 Å². The summed E-state index contributed by atoms with van der Waals surface area (Å²) in [6.45, 7) is 0.690. The summed E-state index contributed by atoms with van der Waals surface area (Å²) >= 11 is 0. The van der Waals surface area contributed by atoms with Gasteiger partial charge in [-0.1, -0.05) is 48.5 Å². The van der Waals surface area contributed by atoms with Gasteiger partial charge in [-0.3, -0.25) is 4.99 Å². The molecule has 0 bridgehead atoms. The molecule has 0 spiro atoms. The first-order chi connectivity index (χ1) is 8.84. The zero-order valence-electron chi connectivity index (χ0n) is 10.2. The average Bonchev–Trinajstić information content (AvgIpc) is 2.41. The smallest absolute Gasteiger partial charge is 0.193 e. The Morgan fingerprint density at radius 3 is 2.22 bits per heavy atom. The number of guanidine groups is 1. The van der Waals surface area contributed by atoms with Crippen LogP contribution in [0.25, 0.3) is 0 Å². The van der Waals surface area contributed by atoms with E-state index >= 15 is 0 Å². The van der Waals surface area contributed by atoms with Gasteiger partial charge in [0.1, 0.15) is 0 Å². The number of para-hydroxylation sites is 1. The fourth-order valence-electron chi connectivity index (χ4n) is 1.66. The number of aliphatic imine (C=N–C) groups is 1. The fraction of sp³-hybridized carbons (Fsp3) is 0.133. The van der Waals surface area contributed by atoms with Gasteiger partial charge in [-0.15, -0.1) is 0 Å². The van der Waals surface area contributed by atoms with Crippen molar-refractivity contribution in [3.05, 3.63) is 66.2 Å². The van der Waals surface area contributed by atoms with Gasteiger partial charge in [-0.2, -0.15) is 0 Å². The fourth-order valence-corrected chi connectivity index (χ4v) is 1.66. The van der Waals surface area contributed by atoms with Crippen molar-refractivity contribution in [1.82, 2.24) is 0 Å². The molecule has 0 aromatic heterocycles. The molecule has 0 atom stereocenters. The molecule has 2 aromatic rings. The van der Waals surface area contributed by atoms with Gasteiger partial charge in [0, 0.05) is 12.2 Å². The SMILES string of the molecule is NC(=NCCc1ccccc1)Nc1ccccc1. The van der Waals surface area contributed by atoms with E-state index in [1.807, 2.05) is 48.5 Å². The Morgan fingerprint density at radius 1 is 0.944 bits per heavy atom. The maximum atomic E-state index is 5.81. The Morgan fingerprint density at radius 2 is 1.56 bits per heavy atom. The number of nitrogens with one attached hydrogen (secondary N) is 1. The van der Waals surface area contributed by atoms with E-state index in [2.05, 4.69) is 22.4 Å². The number of nitrogens with two attached hydrogens (primary N) is 1. The van der Waals surface area contributed by atoms with Crippen molar-refractivity contribution in [1.29, 1.82) is 0 Å². The molecule has 0 unspecified atom stereocenters. The zero-order chi connectivity index (χ0) is 12.6. The molecule has 92 valence electrons. The number of hydrogen-bond acceptors (Lipinski definition) is 1. The summed E-state index contributed by atoms with van der Waals surface area (Å²) in [5.41, 5.74) is 8.04. The van der Waals surface area contributed by atoms with E-state index in [1.54, 1.807) is 0 Å². The van der Waals surface area contributed by atoms with Crippen molar-refractivity contribution >= 4 is 11.6 Å². The Balaban J connectivity index is 1.83. The van der Waals surface area contributed by atoms with E-state index < -0.39 is 0 Å². The number of hydrogen-bond donors (Lipinski definition) is 2. The van der Waals surface area contributed by atoms with Crippen LogP contribution in [0.1, 0.15) is 5.56 Å². The third kappa shape index (κ3) is 3.94. The Kier molecular flexibility index (Phi) is 4.36. The molecule has 2 aromatic carbocycles. The standard InChI is InChI=1S/C15H17N3/c16-15(18-14-9-5-2-6-10-14)17-12-11-13-7-3-1-4-8-13/h1-10H,11-12H2,(H3,16,17,18). The summed E-state index contributed by atoms with van der Waals surface area (Å²) in [5.74, 6) is 0.456. The first-order valence-electron chi connectivity index (χ1n) is 6.00. The first kappa shape index (κ1) is 12.2. The molecule has 0 amide bonds. The van der Waals surface area contributed by atoms with Crippen LogP contribution in [0.5, 0.6) is 0 Å². The van der Waals surface area contributed by atoms with E-state index in [9.17, 15) is 0 Å². The van der Waals surface area contributed by atoms with E-state index in [-0.39, 0.29) is 0 Å². The second kappa shape index (κ2) is 6.45. The Bertz CT molecular complexity index is 492. The molecule has 3 N–H and O–H groups in total. The van der Waals surface area contributed by atoms with Crippen LogP contribution in [-0.2, 0) is 6.42 Å². The Hall–Kier alpha value is -2.29. The predicted molar refractivity (Wildman–Crippen MR) is 76.7 cm³/mol. The van der Waals surface area contributed by atoms with Crippen LogP contribution in [0.3, 0.4) is 0 Å². The third-order valence-corrected chi connectivity index (χ3v) is 2.57. The molecule has 0 saturated carbocycles. The second-order valence-corrected chi connectivity index (χ2v) is 3.99. The van der Waals surface area contributed by atoms with Crippen LogP contribution in [-0.4, -0.2) is 12.5 Å². The highest BCUT2D eigenvalue weighted by molar-refractivity contribution is 5.92. The number of anilines is 1. The summed E-state index contributed by atoms with van der Waals surface area (Å²) in [4.78, 5) is 4.30. The van der Waals surface area contributed by atoms with E-state index in [0.29, 0.717) is 12.5 Å². The molecule has 18 heavy (non-hydrogen) atoms. The molecule has 3 nitrogen and oxygen atoms in total. The molecule has 2 rings (SSSR count). The average molecular weight is 239 g/mol. The van der Waals surface area contributed by atoms with Crippen LogP contribution < -0.4 is 11.1 Å². The third-order valence-electron chi connectivity index (χ3n) is 2.57. The van der Waals surface area contributed by atoms with Crippen LogP contribution >= 0.6 is 0 Å². The normalized spacial score (nSPS) is 11.2. The lowest BCUT2D eigenvalue weighted by molar-refractivity contribution is 0.965. The number of benzene rings is 2. The van der Waals surface area contributed by atoms with Gasteiger partial charge in [0.05, 0.1) is 0 Å².